The molecular weight excluding hydrogens is 298 g/mol. The number of hydrogen-bond acceptors (Lipinski definition) is 2. The second-order valence-corrected chi connectivity index (χ2v) is 7.13. The number of aryl methyl sites for hydroxylation is 2. The lowest BCUT2D eigenvalue weighted by atomic mass is 10.1. The van der Waals surface area contributed by atoms with Gasteiger partial charge in [0.2, 0.25) is 0 Å². The molecule has 1 aliphatic rings. The molecule has 0 heterocycles. The molecule has 1 N–H and O–H groups in total. The lowest BCUT2D eigenvalue weighted by molar-refractivity contribution is 0.652. The largest absolute Gasteiger partial charge is 0.313 e. The predicted molar refractivity (Wildman–Crippen MR) is 91.5 cm³/mol. The topological polar surface area (TPSA) is 12.0 Å². The van der Waals surface area contributed by atoms with Crippen LogP contribution in [0.4, 0.5) is 0 Å². The van der Waals surface area contributed by atoms with Crippen molar-refractivity contribution in [3.05, 3.63) is 58.1 Å². The average molecular weight is 318 g/mol. The Kier molecular flexibility index (Phi) is 4.58. The van der Waals surface area contributed by atoms with E-state index in [9.17, 15) is 0 Å². The van der Waals surface area contributed by atoms with Crippen molar-refractivity contribution in [2.24, 2.45) is 0 Å². The van der Waals surface area contributed by atoms with E-state index in [-0.39, 0.29) is 6.04 Å². The number of halogens is 1. The van der Waals surface area contributed by atoms with Gasteiger partial charge < -0.3 is 5.32 Å². The second kappa shape index (κ2) is 6.43. The summed E-state index contributed by atoms with van der Waals surface area (Å²) in [5.74, 6) is 0. The minimum absolute atomic E-state index is 0.275. The van der Waals surface area contributed by atoms with Crippen LogP contribution in [0.2, 0.25) is 5.02 Å². The monoisotopic (exact) mass is 317 g/mol. The van der Waals surface area contributed by atoms with Crippen LogP contribution in [0.25, 0.3) is 0 Å². The zero-order valence-electron chi connectivity index (χ0n) is 12.4. The highest BCUT2D eigenvalue weighted by Crippen LogP contribution is 2.34. The van der Waals surface area contributed by atoms with Crippen molar-refractivity contribution in [2.75, 3.05) is 7.05 Å². The molecule has 110 valence electrons. The van der Waals surface area contributed by atoms with E-state index in [0.29, 0.717) is 0 Å². The minimum Gasteiger partial charge on any atom is -0.313 e. The van der Waals surface area contributed by atoms with E-state index in [1.807, 2.05) is 7.05 Å². The molecular formula is C18H20ClNS. The van der Waals surface area contributed by atoms with Crippen molar-refractivity contribution in [1.29, 1.82) is 0 Å². The van der Waals surface area contributed by atoms with Crippen LogP contribution in [0, 0.1) is 0 Å². The highest BCUT2D eigenvalue weighted by atomic mass is 35.5. The number of hydrogen-bond donors (Lipinski definition) is 1. The number of fused-ring (bicyclic) bond motifs is 1. The van der Waals surface area contributed by atoms with Gasteiger partial charge in [-0.05, 0) is 74.2 Å². The number of rotatable bonds is 4. The molecule has 2 aromatic rings. The molecule has 0 aromatic heterocycles. The average Bonchev–Trinajstić information content (AvgIpc) is 2.94. The molecule has 0 saturated heterocycles. The summed E-state index contributed by atoms with van der Waals surface area (Å²) in [6.45, 7) is 2.12. The third-order valence-electron chi connectivity index (χ3n) is 4.18. The maximum absolute atomic E-state index is 6.41. The molecule has 2 aromatic carbocycles. The van der Waals surface area contributed by atoms with Gasteiger partial charge in [-0.2, -0.15) is 0 Å². The van der Waals surface area contributed by atoms with Crippen LogP contribution in [0.5, 0.6) is 0 Å². The van der Waals surface area contributed by atoms with Crippen molar-refractivity contribution in [3.63, 3.8) is 0 Å². The zero-order chi connectivity index (χ0) is 14.8. The van der Waals surface area contributed by atoms with Crippen molar-refractivity contribution < 1.29 is 0 Å². The summed E-state index contributed by atoms with van der Waals surface area (Å²) in [6.07, 6.45) is 3.76. The van der Waals surface area contributed by atoms with Crippen molar-refractivity contribution in [1.82, 2.24) is 5.32 Å². The van der Waals surface area contributed by atoms with Crippen molar-refractivity contribution in [2.45, 2.75) is 42.0 Å². The first-order chi connectivity index (χ1) is 10.2. The van der Waals surface area contributed by atoms with Crippen LogP contribution in [0.15, 0.2) is 46.2 Å². The predicted octanol–water partition coefficient (Wildman–Crippen LogP) is 5.26. The maximum atomic E-state index is 6.41. The van der Waals surface area contributed by atoms with Crippen LogP contribution >= 0.6 is 23.4 Å². The van der Waals surface area contributed by atoms with Crippen molar-refractivity contribution in [3.8, 4) is 0 Å². The molecule has 1 aliphatic carbocycles. The SMILES string of the molecule is CNC(C)c1ccc(Sc2ccc3c(c2)CCC3)cc1Cl. The first-order valence-corrected chi connectivity index (χ1v) is 8.63. The van der Waals surface area contributed by atoms with Gasteiger partial charge >= 0.3 is 0 Å². The Morgan fingerprint density at radius 1 is 1.05 bits per heavy atom. The van der Waals surface area contributed by atoms with Gasteiger partial charge in [0, 0.05) is 20.9 Å². The van der Waals surface area contributed by atoms with Crippen LogP contribution in [0.3, 0.4) is 0 Å². The van der Waals surface area contributed by atoms with Gasteiger partial charge in [-0.3, -0.25) is 0 Å². The normalized spacial score (nSPS) is 15.0. The first kappa shape index (κ1) is 15.0. The molecule has 1 unspecified atom stereocenters. The summed E-state index contributed by atoms with van der Waals surface area (Å²) in [6, 6.07) is 13.5. The van der Waals surface area contributed by atoms with Crippen LogP contribution in [-0.4, -0.2) is 7.05 Å². The Morgan fingerprint density at radius 2 is 1.76 bits per heavy atom. The summed E-state index contributed by atoms with van der Waals surface area (Å²) >= 11 is 8.20. The van der Waals surface area contributed by atoms with Crippen LogP contribution in [-0.2, 0) is 12.8 Å². The number of nitrogens with one attached hydrogen (secondary N) is 1. The van der Waals surface area contributed by atoms with E-state index >= 15 is 0 Å². The molecule has 1 atom stereocenters. The highest BCUT2D eigenvalue weighted by Gasteiger charge is 2.12. The summed E-state index contributed by atoms with van der Waals surface area (Å²) in [4.78, 5) is 2.51. The highest BCUT2D eigenvalue weighted by molar-refractivity contribution is 7.99. The Labute approximate surface area is 136 Å². The smallest absolute Gasteiger partial charge is 0.0464 e. The molecule has 0 bridgehead atoms. The van der Waals surface area contributed by atoms with Gasteiger partial charge in [0.25, 0.3) is 0 Å². The molecule has 0 aliphatic heterocycles. The molecule has 3 heteroatoms. The summed E-state index contributed by atoms with van der Waals surface area (Å²) in [5.41, 5.74) is 4.19. The van der Waals surface area contributed by atoms with E-state index in [1.165, 1.54) is 40.2 Å². The number of benzene rings is 2. The van der Waals surface area contributed by atoms with E-state index in [0.717, 1.165) is 10.6 Å². The molecule has 0 radical (unpaired) electrons. The standard InChI is InChI=1S/C18H20ClNS/c1-12(20-2)17-9-8-16(11-18(17)19)21-15-7-6-13-4-3-5-14(13)10-15/h6-12,20H,3-5H2,1-2H3. The fraction of sp³-hybridized carbons (Fsp3) is 0.333. The molecule has 0 saturated carbocycles. The minimum atomic E-state index is 0.275. The van der Waals surface area contributed by atoms with E-state index in [2.05, 4.69) is 48.6 Å². The zero-order valence-corrected chi connectivity index (χ0v) is 14.0. The fourth-order valence-corrected chi connectivity index (χ4v) is 4.16. The lowest BCUT2D eigenvalue weighted by Gasteiger charge is -2.13. The van der Waals surface area contributed by atoms with Crippen LogP contribution in [0.1, 0.15) is 36.1 Å². The fourth-order valence-electron chi connectivity index (χ4n) is 2.83. The second-order valence-electron chi connectivity index (χ2n) is 5.58. The quantitative estimate of drug-likeness (QED) is 0.825. The van der Waals surface area contributed by atoms with Crippen LogP contribution < -0.4 is 5.32 Å². The van der Waals surface area contributed by atoms with Gasteiger partial charge in [0.05, 0.1) is 0 Å². The van der Waals surface area contributed by atoms with E-state index in [1.54, 1.807) is 11.8 Å². The summed E-state index contributed by atoms with van der Waals surface area (Å²) in [7, 11) is 1.95. The molecule has 0 spiro atoms. The summed E-state index contributed by atoms with van der Waals surface area (Å²) < 4.78 is 0. The summed E-state index contributed by atoms with van der Waals surface area (Å²) in [5, 5.41) is 4.06. The Bertz CT molecular complexity index is 654. The van der Waals surface area contributed by atoms with Gasteiger partial charge in [-0.1, -0.05) is 35.5 Å². The van der Waals surface area contributed by atoms with Gasteiger partial charge in [-0.25, -0.2) is 0 Å². The van der Waals surface area contributed by atoms with Crippen molar-refractivity contribution >= 4 is 23.4 Å². The van der Waals surface area contributed by atoms with E-state index in [4.69, 9.17) is 11.6 Å². The maximum Gasteiger partial charge on any atom is 0.0464 e. The third kappa shape index (κ3) is 3.28. The molecule has 0 fully saturated rings. The lowest BCUT2D eigenvalue weighted by Crippen LogP contribution is -2.12. The Balaban J connectivity index is 1.80. The van der Waals surface area contributed by atoms with Gasteiger partial charge in [0.1, 0.15) is 0 Å². The van der Waals surface area contributed by atoms with Gasteiger partial charge in [0.15, 0.2) is 0 Å². The Morgan fingerprint density at radius 3 is 2.52 bits per heavy atom. The molecule has 21 heavy (non-hydrogen) atoms. The Hall–Kier alpha value is -0.960. The molecule has 1 nitrogen and oxygen atoms in total. The molecule has 3 rings (SSSR count). The van der Waals surface area contributed by atoms with E-state index < -0.39 is 0 Å². The van der Waals surface area contributed by atoms with Gasteiger partial charge in [-0.15, -0.1) is 0 Å². The molecule has 0 amide bonds. The first-order valence-electron chi connectivity index (χ1n) is 7.44. The third-order valence-corrected chi connectivity index (χ3v) is 5.48.